The normalized spacial score (nSPS) is 22.4. The molecular weight excluding hydrogens is 240 g/mol. The fourth-order valence-electron chi connectivity index (χ4n) is 1.85. The molecule has 0 aliphatic carbocycles. The Balaban J connectivity index is 2.44. The lowest BCUT2D eigenvalue weighted by atomic mass is 10.0. The van der Waals surface area contributed by atoms with Crippen molar-refractivity contribution in [2.75, 3.05) is 11.5 Å². The highest BCUT2D eigenvalue weighted by molar-refractivity contribution is 7.99. The summed E-state index contributed by atoms with van der Waals surface area (Å²) in [6.45, 7) is 2.04. The quantitative estimate of drug-likeness (QED) is 0.739. The molecule has 5 heteroatoms. The van der Waals surface area contributed by atoms with Crippen molar-refractivity contribution >= 4 is 34.9 Å². The number of rotatable bonds is 5. The van der Waals surface area contributed by atoms with Crippen molar-refractivity contribution in [3.05, 3.63) is 0 Å². The van der Waals surface area contributed by atoms with Crippen molar-refractivity contribution in [2.24, 2.45) is 11.7 Å². The van der Waals surface area contributed by atoms with Crippen molar-refractivity contribution in [1.82, 2.24) is 5.32 Å². The van der Waals surface area contributed by atoms with Crippen LogP contribution in [0.2, 0.25) is 0 Å². The molecule has 0 saturated carbocycles. The first-order chi connectivity index (χ1) is 7.65. The van der Waals surface area contributed by atoms with Gasteiger partial charge in [0.2, 0.25) is 5.91 Å². The molecule has 3 N–H and O–H groups in total. The van der Waals surface area contributed by atoms with E-state index in [9.17, 15) is 4.79 Å². The van der Waals surface area contributed by atoms with Crippen molar-refractivity contribution in [2.45, 2.75) is 38.6 Å². The molecule has 0 aromatic rings. The Morgan fingerprint density at radius 3 is 2.94 bits per heavy atom. The van der Waals surface area contributed by atoms with Gasteiger partial charge in [-0.1, -0.05) is 25.6 Å². The second-order valence-corrected chi connectivity index (χ2v) is 5.79. The Kier molecular flexibility index (Phi) is 6.13. The number of thiocarbonyl (C=S) groups is 1. The maximum Gasteiger partial charge on any atom is 0.230 e. The maximum atomic E-state index is 12.0. The summed E-state index contributed by atoms with van der Waals surface area (Å²) in [6, 6.07) is 0.306. The number of nitrogens with two attached hydrogens (primary N) is 1. The summed E-state index contributed by atoms with van der Waals surface area (Å²) < 4.78 is 0. The fourth-order valence-corrected chi connectivity index (χ4v) is 3.14. The molecule has 1 rings (SSSR count). The third-order valence-corrected chi connectivity index (χ3v) is 4.24. The topological polar surface area (TPSA) is 55.1 Å². The van der Waals surface area contributed by atoms with Gasteiger partial charge >= 0.3 is 0 Å². The van der Waals surface area contributed by atoms with E-state index in [0.29, 0.717) is 11.0 Å². The van der Waals surface area contributed by atoms with Crippen molar-refractivity contribution in [1.29, 1.82) is 0 Å². The molecule has 1 heterocycles. The first-order valence-electron chi connectivity index (χ1n) is 5.82. The number of amides is 1. The molecule has 16 heavy (non-hydrogen) atoms. The molecule has 0 bridgehead atoms. The zero-order valence-corrected chi connectivity index (χ0v) is 11.3. The average Bonchev–Trinajstić information content (AvgIpc) is 2.26. The highest BCUT2D eigenvalue weighted by Gasteiger charge is 2.23. The molecule has 0 radical (unpaired) electrons. The summed E-state index contributed by atoms with van der Waals surface area (Å²) in [7, 11) is 0. The fraction of sp³-hybridized carbons (Fsp3) is 0.818. The predicted molar refractivity (Wildman–Crippen MR) is 73.7 cm³/mol. The smallest absolute Gasteiger partial charge is 0.230 e. The van der Waals surface area contributed by atoms with Gasteiger partial charge in [0, 0.05) is 11.8 Å². The molecule has 1 aliphatic rings. The number of carbonyl (C=O) groups is 1. The van der Waals surface area contributed by atoms with E-state index in [1.54, 1.807) is 0 Å². The Bertz CT molecular complexity index is 252. The van der Waals surface area contributed by atoms with Gasteiger partial charge in [0.25, 0.3) is 0 Å². The van der Waals surface area contributed by atoms with E-state index >= 15 is 0 Å². The molecule has 92 valence electrons. The van der Waals surface area contributed by atoms with E-state index in [4.69, 9.17) is 18.0 Å². The summed E-state index contributed by atoms with van der Waals surface area (Å²) in [5.74, 6) is 1.95. The molecule has 1 saturated heterocycles. The van der Waals surface area contributed by atoms with E-state index in [0.717, 1.165) is 25.0 Å². The van der Waals surface area contributed by atoms with Crippen molar-refractivity contribution in [3.63, 3.8) is 0 Å². The Morgan fingerprint density at radius 2 is 2.44 bits per heavy atom. The third kappa shape index (κ3) is 4.29. The SMILES string of the molecule is CCCC(C(=O)NC1CCCSC1)C(N)=S. The van der Waals surface area contributed by atoms with Gasteiger partial charge < -0.3 is 11.1 Å². The summed E-state index contributed by atoms with van der Waals surface area (Å²) in [5, 5.41) is 3.06. The summed E-state index contributed by atoms with van der Waals surface area (Å²) in [6.07, 6.45) is 3.94. The zero-order chi connectivity index (χ0) is 12.0. The first-order valence-corrected chi connectivity index (χ1v) is 7.39. The molecule has 0 spiro atoms. The average molecular weight is 260 g/mol. The lowest BCUT2D eigenvalue weighted by molar-refractivity contribution is -0.123. The van der Waals surface area contributed by atoms with Crippen LogP contribution in [0.25, 0.3) is 0 Å². The lowest BCUT2D eigenvalue weighted by Gasteiger charge is -2.24. The van der Waals surface area contributed by atoms with Crippen LogP contribution >= 0.6 is 24.0 Å². The van der Waals surface area contributed by atoms with Crippen LogP contribution < -0.4 is 11.1 Å². The second-order valence-electron chi connectivity index (χ2n) is 4.17. The summed E-state index contributed by atoms with van der Waals surface area (Å²) in [4.78, 5) is 12.3. The highest BCUT2D eigenvalue weighted by Crippen LogP contribution is 2.18. The Hall–Kier alpha value is -0.290. The Labute approximate surface area is 107 Å². The summed E-state index contributed by atoms with van der Waals surface area (Å²) >= 11 is 6.84. The standard InChI is InChI=1S/C11H20N2OS2/c1-2-4-9(10(12)15)11(14)13-8-5-3-6-16-7-8/h8-9H,2-7H2,1H3,(H2,12,15)(H,13,14). The predicted octanol–water partition coefficient (Wildman–Crippen LogP) is 1.70. The van der Waals surface area contributed by atoms with Gasteiger partial charge in [0.15, 0.2) is 0 Å². The molecule has 1 fully saturated rings. The highest BCUT2D eigenvalue weighted by atomic mass is 32.2. The van der Waals surface area contributed by atoms with Gasteiger partial charge in [-0.2, -0.15) is 11.8 Å². The minimum atomic E-state index is -0.285. The van der Waals surface area contributed by atoms with E-state index in [-0.39, 0.29) is 11.8 Å². The van der Waals surface area contributed by atoms with Crippen LogP contribution in [0.3, 0.4) is 0 Å². The van der Waals surface area contributed by atoms with Crippen LogP contribution in [-0.2, 0) is 4.79 Å². The minimum Gasteiger partial charge on any atom is -0.393 e. The van der Waals surface area contributed by atoms with Crippen LogP contribution in [0.1, 0.15) is 32.6 Å². The van der Waals surface area contributed by atoms with E-state index in [1.807, 2.05) is 18.7 Å². The van der Waals surface area contributed by atoms with E-state index < -0.39 is 0 Å². The van der Waals surface area contributed by atoms with E-state index in [1.165, 1.54) is 12.2 Å². The minimum absolute atomic E-state index is 0.0156. The van der Waals surface area contributed by atoms with E-state index in [2.05, 4.69) is 5.32 Å². The maximum absolute atomic E-state index is 12.0. The molecule has 1 aliphatic heterocycles. The molecule has 0 aromatic heterocycles. The first kappa shape index (κ1) is 13.8. The monoisotopic (exact) mass is 260 g/mol. The van der Waals surface area contributed by atoms with Gasteiger partial charge in [-0.15, -0.1) is 0 Å². The van der Waals surface area contributed by atoms with Gasteiger partial charge in [-0.25, -0.2) is 0 Å². The van der Waals surface area contributed by atoms with Gasteiger partial charge in [-0.3, -0.25) is 4.79 Å². The second kappa shape index (κ2) is 7.12. The Morgan fingerprint density at radius 1 is 1.69 bits per heavy atom. The van der Waals surface area contributed by atoms with Gasteiger partial charge in [0.05, 0.1) is 10.9 Å². The van der Waals surface area contributed by atoms with Crippen molar-refractivity contribution in [3.8, 4) is 0 Å². The largest absolute Gasteiger partial charge is 0.393 e. The van der Waals surface area contributed by atoms with Crippen LogP contribution in [0.4, 0.5) is 0 Å². The molecular formula is C11H20N2OS2. The number of nitrogens with one attached hydrogen (secondary N) is 1. The van der Waals surface area contributed by atoms with Gasteiger partial charge in [0.1, 0.15) is 0 Å². The molecule has 2 atom stereocenters. The third-order valence-electron chi connectivity index (χ3n) is 2.74. The molecule has 2 unspecified atom stereocenters. The van der Waals surface area contributed by atoms with Gasteiger partial charge in [-0.05, 0) is 25.0 Å². The van der Waals surface area contributed by atoms with Crippen LogP contribution in [0.5, 0.6) is 0 Å². The van der Waals surface area contributed by atoms with Crippen LogP contribution in [0.15, 0.2) is 0 Å². The molecule has 0 aromatic carbocycles. The van der Waals surface area contributed by atoms with Crippen LogP contribution in [0, 0.1) is 5.92 Å². The molecule has 3 nitrogen and oxygen atoms in total. The lowest BCUT2D eigenvalue weighted by Crippen LogP contribution is -2.44. The van der Waals surface area contributed by atoms with Crippen molar-refractivity contribution < 1.29 is 4.79 Å². The summed E-state index contributed by atoms with van der Waals surface area (Å²) in [5.41, 5.74) is 5.59. The zero-order valence-electron chi connectivity index (χ0n) is 9.70. The number of thioether (sulfide) groups is 1. The number of hydrogen-bond donors (Lipinski definition) is 2. The number of carbonyl (C=O) groups excluding carboxylic acids is 1. The van der Waals surface area contributed by atoms with Crippen LogP contribution in [-0.4, -0.2) is 28.4 Å². The molecule has 1 amide bonds. The number of hydrogen-bond acceptors (Lipinski definition) is 3.